The van der Waals surface area contributed by atoms with E-state index in [2.05, 4.69) is 0 Å². The third-order valence-corrected chi connectivity index (χ3v) is 3.38. The van der Waals surface area contributed by atoms with Crippen LogP contribution in [0.2, 0.25) is 0 Å². The lowest BCUT2D eigenvalue weighted by Gasteiger charge is -2.14. The normalized spacial score (nSPS) is 10.3. The summed E-state index contributed by atoms with van der Waals surface area (Å²) in [5.74, 6) is 0.699. The lowest BCUT2D eigenvalue weighted by atomic mass is 10.1. The Balaban J connectivity index is 2.43. The molecule has 2 aromatic rings. The number of benzene rings is 1. The van der Waals surface area contributed by atoms with Gasteiger partial charge in [-0.05, 0) is 24.3 Å². The Kier molecular flexibility index (Phi) is 5.92. The molecule has 0 atom stereocenters. The molecular weight excluding hydrogens is 294 g/mol. The van der Waals surface area contributed by atoms with Crippen molar-refractivity contribution in [3.05, 3.63) is 52.3 Å². The highest BCUT2D eigenvalue weighted by molar-refractivity contribution is 5.62. The summed E-state index contributed by atoms with van der Waals surface area (Å²) >= 11 is 0. The standard InChI is InChI=1S/C17H19N3O3/c1-22-15-4-2-3-13(11-15)16-6-5-14(12-19)17(21)20(16)8-10-23-9-7-18/h2-6,11H,7-10,18H2,1H3. The van der Waals surface area contributed by atoms with Gasteiger partial charge < -0.3 is 19.8 Å². The second kappa shape index (κ2) is 8.13. The van der Waals surface area contributed by atoms with Crippen molar-refractivity contribution in [1.82, 2.24) is 4.57 Å². The molecule has 0 radical (unpaired) electrons. The molecule has 1 aromatic carbocycles. The SMILES string of the molecule is COc1cccc(-c2ccc(C#N)c(=O)n2CCOCCN)c1. The van der Waals surface area contributed by atoms with Crippen molar-refractivity contribution in [2.75, 3.05) is 26.9 Å². The molecule has 0 aliphatic rings. The molecule has 0 aliphatic carbocycles. The minimum absolute atomic E-state index is 0.107. The van der Waals surface area contributed by atoms with E-state index in [1.807, 2.05) is 30.3 Å². The van der Waals surface area contributed by atoms with E-state index >= 15 is 0 Å². The fourth-order valence-corrected chi connectivity index (χ4v) is 2.26. The Bertz CT molecular complexity index is 762. The van der Waals surface area contributed by atoms with Crippen LogP contribution in [0.25, 0.3) is 11.3 Å². The van der Waals surface area contributed by atoms with Crippen molar-refractivity contribution >= 4 is 0 Å². The first-order chi connectivity index (χ1) is 11.2. The minimum atomic E-state index is -0.329. The maximum atomic E-state index is 12.4. The highest BCUT2D eigenvalue weighted by Crippen LogP contribution is 2.23. The van der Waals surface area contributed by atoms with Crippen LogP contribution in [0, 0.1) is 11.3 Å². The monoisotopic (exact) mass is 313 g/mol. The number of hydrogen-bond donors (Lipinski definition) is 1. The van der Waals surface area contributed by atoms with E-state index < -0.39 is 0 Å². The Morgan fingerprint density at radius 2 is 2.09 bits per heavy atom. The van der Waals surface area contributed by atoms with Gasteiger partial charge in [0, 0.05) is 18.7 Å². The maximum absolute atomic E-state index is 12.4. The first-order valence-electron chi connectivity index (χ1n) is 7.27. The molecule has 2 N–H and O–H groups in total. The molecule has 6 nitrogen and oxygen atoms in total. The van der Waals surface area contributed by atoms with Gasteiger partial charge in [-0.25, -0.2) is 0 Å². The van der Waals surface area contributed by atoms with Crippen LogP contribution in [-0.2, 0) is 11.3 Å². The highest BCUT2D eigenvalue weighted by atomic mass is 16.5. The van der Waals surface area contributed by atoms with Gasteiger partial charge in [0.15, 0.2) is 0 Å². The molecule has 0 spiro atoms. The van der Waals surface area contributed by atoms with Gasteiger partial charge in [-0.2, -0.15) is 5.26 Å². The zero-order valence-electron chi connectivity index (χ0n) is 13.0. The molecule has 0 fully saturated rings. The molecular formula is C17H19N3O3. The van der Waals surface area contributed by atoms with E-state index in [9.17, 15) is 4.79 Å². The van der Waals surface area contributed by atoms with E-state index in [0.717, 1.165) is 5.56 Å². The molecule has 0 bridgehead atoms. The van der Waals surface area contributed by atoms with E-state index in [1.54, 1.807) is 17.7 Å². The van der Waals surface area contributed by atoms with Crippen LogP contribution in [-0.4, -0.2) is 31.4 Å². The summed E-state index contributed by atoms with van der Waals surface area (Å²) in [5, 5.41) is 9.07. The van der Waals surface area contributed by atoms with Crippen LogP contribution in [0.15, 0.2) is 41.2 Å². The average Bonchev–Trinajstić information content (AvgIpc) is 2.59. The van der Waals surface area contributed by atoms with Gasteiger partial charge in [0.2, 0.25) is 0 Å². The van der Waals surface area contributed by atoms with Crippen molar-refractivity contribution in [3.8, 4) is 23.1 Å². The molecule has 0 saturated carbocycles. The van der Waals surface area contributed by atoms with Crippen molar-refractivity contribution in [2.24, 2.45) is 5.73 Å². The van der Waals surface area contributed by atoms with Crippen LogP contribution in [0.5, 0.6) is 5.75 Å². The fourth-order valence-electron chi connectivity index (χ4n) is 2.26. The first-order valence-corrected chi connectivity index (χ1v) is 7.27. The van der Waals surface area contributed by atoms with Gasteiger partial charge in [0.25, 0.3) is 5.56 Å². The topological polar surface area (TPSA) is 90.3 Å². The molecule has 120 valence electrons. The van der Waals surface area contributed by atoms with Gasteiger partial charge in [-0.3, -0.25) is 4.79 Å². The summed E-state index contributed by atoms with van der Waals surface area (Å²) in [5.41, 5.74) is 6.71. The number of nitriles is 1. The number of rotatable bonds is 7. The third kappa shape index (κ3) is 3.97. The summed E-state index contributed by atoms with van der Waals surface area (Å²) in [6.45, 7) is 1.56. The van der Waals surface area contributed by atoms with Gasteiger partial charge in [-0.15, -0.1) is 0 Å². The van der Waals surface area contributed by atoms with Crippen LogP contribution >= 0.6 is 0 Å². The van der Waals surface area contributed by atoms with Gasteiger partial charge in [0.05, 0.1) is 26.0 Å². The van der Waals surface area contributed by atoms with Crippen LogP contribution < -0.4 is 16.0 Å². The van der Waals surface area contributed by atoms with Gasteiger partial charge in [-0.1, -0.05) is 12.1 Å². The molecule has 0 aliphatic heterocycles. The van der Waals surface area contributed by atoms with Crippen molar-refractivity contribution in [2.45, 2.75) is 6.54 Å². The zero-order chi connectivity index (χ0) is 16.7. The van der Waals surface area contributed by atoms with Crippen LogP contribution in [0.3, 0.4) is 0 Å². The highest BCUT2D eigenvalue weighted by Gasteiger charge is 2.11. The number of nitrogens with zero attached hydrogens (tertiary/aromatic N) is 2. The summed E-state index contributed by atoms with van der Waals surface area (Å²) in [6, 6.07) is 12.6. The Hall–Kier alpha value is -2.62. The number of pyridine rings is 1. The molecule has 0 amide bonds. The molecule has 0 unspecified atom stereocenters. The van der Waals surface area contributed by atoms with E-state index in [1.165, 1.54) is 6.07 Å². The largest absolute Gasteiger partial charge is 0.497 e. The molecule has 23 heavy (non-hydrogen) atoms. The molecule has 1 aromatic heterocycles. The first kappa shape index (κ1) is 16.7. The Labute approximate surface area is 134 Å². The van der Waals surface area contributed by atoms with Crippen LogP contribution in [0.4, 0.5) is 0 Å². The van der Waals surface area contributed by atoms with E-state index in [4.69, 9.17) is 20.5 Å². The smallest absolute Gasteiger partial charge is 0.269 e. The number of ether oxygens (including phenoxy) is 2. The van der Waals surface area contributed by atoms with E-state index in [0.29, 0.717) is 37.7 Å². The molecule has 1 heterocycles. The van der Waals surface area contributed by atoms with Gasteiger partial charge in [0.1, 0.15) is 17.4 Å². The molecule has 6 heteroatoms. The Morgan fingerprint density at radius 3 is 2.78 bits per heavy atom. The summed E-state index contributed by atoms with van der Waals surface area (Å²) < 4.78 is 12.1. The van der Waals surface area contributed by atoms with Crippen molar-refractivity contribution < 1.29 is 9.47 Å². The van der Waals surface area contributed by atoms with Crippen molar-refractivity contribution in [3.63, 3.8) is 0 Å². The number of aromatic nitrogens is 1. The molecule has 0 saturated heterocycles. The maximum Gasteiger partial charge on any atom is 0.269 e. The number of methoxy groups -OCH3 is 1. The van der Waals surface area contributed by atoms with Crippen LogP contribution in [0.1, 0.15) is 5.56 Å². The average molecular weight is 313 g/mol. The van der Waals surface area contributed by atoms with Gasteiger partial charge >= 0.3 is 0 Å². The Morgan fingerprint density at radius 1 is 1.26 bits per heavy atom. The fraction of sp³-hybridized carbons (Fsp3) is 0.294. The summed E-state index contributed by atoms with van der Waals surface area (Å²) in [4.78, 5) is 12.4. The molecule has 2 rings (SSSR count). The summed E-state index contributed by atoms with van der Waals surface area (Å²) in [6.07, 6.45) is 0. The summed E-state index contributed by atoms with van der Waals surface area (Å²) in [7, 11) is 1.59. The second-order valence-electron chi connectivity index (χ2n) is 4.83. The third-order valence-electron chi connectivity index (χ3n) is 3.38. The van der Waals surface area contributed by atoms with Crippen molar-refractivity contribution in [1.29, 1.82) is 5.26 Å². The lowest BCUT2D eigenvalue weighted by Crippen LogP contribution is -2.26. The quantitative estimate of drug-likeness (QED) is 0.780. The van der Waals surface area contributed by atoms with E-state index in [-0.39, 0.29) is 11.1 Å². The lowest BCUT2D eigenvalue weighted by molar-refractivity contribution is 0.133. The second-order valence-corrected chi connectivity index (χ2v) is 4.83. The number of hydrogen-bond acceptors (Lipinski definition) is 5. The number of nitrogens with two attached hydrogens (primary N) is 1. The zero-order valence-corrected chi connectivity index (χ0v) is 13.0. The minimum Gasteiger partial charge on any atom is -0.497 e. The predicted octanol–water partition coefficient (Wildman–Crippen LogP) is 1.37. The predicted molar refractivity (Wildman–Crippen MR) is 87.3 cm³/mol.